The van der Waals surface area contributed by atoms with Crippen LogP contribution in [0.15, 0.2) is 30.3 Å². The number of carboxylic acid groups (broad SMARTS) is 1. The third-order valence-corrected chi connectivity index (χ3v) is 3.39. The molecule has 1 amide bonds. The van der Waals surface area contributed by atoms with Gasteiger partial charge in [-0.1, -0.05) is 50.1 Å². The molecular weight excluding hydrogens is 268 g/mol. The number of carbonyl (C=O) groups is 2. The molecule has 0 saturated carbocycles. The summed E-state index contributed by atoms with van der Waals surface area (Å²) in [4.78, 5) is 22.9. The molecule has 0 aliphatic heterocycles. The van der Waals surface area contributed by atoms with E-state index in [2.05, 4.69) is 5.32 Å². The summed E-state index contributed by atoms with van der Waals surface area (Å²) in [6.45, 7) is 1.99. The number of rotatable bonds is 9. The molecule has 116 valence electrons. The van der Waals surface area contributed by atoms with Gasteiger partial charge in [-0.15, -0.1) is 0 Å². The minimum absolute atomic E-state index is 0.212. The van der Waals surface area contributed by atoms with Gasteiger partial charge in [-0.25, -0.2) is 4.79 Å². The van der Waals surface area contributed by atoms with Gasteiger partial charge in [-0.2, -0.15) is 0 Å². The Morgan fingerprint density at radius 1 is 1.24 bits per heavy atom. The molecule has 2 atom stereocenters. The number of nitrogens with two attached hydrogens (primary N) is 1. The van der Waals surface area contributed by atoms with Gasteiger partial charge in [0.15, 0.2) is 0 Å². The molecule has 0 heterocycles. The van der Waals surface area contributed by atoms with Gasteiger partial charge in [0.1, 0.15) is 6.04 Å². The average molecular weight is 292 g/mol. The molecule has 2 unspecified atom stereocenters. The molecule has 1 aromatic rings. The predicted molar refractivity (Wildman–Crippen MR) is 81.7 cm³/mol. The van der Waals surface area contributed by atoms with Crippen LogP contribution >= 0.6 is 0 Å². The Morgan fingerprint density at radius 2 is 1.90 bits per heavy atom. The van der Waals surface area contributed by atoms with Crippen molar-refractivity contribution in [3.05, 3.63) is 35.9 Å². The lowest BCUT2D eigenvalue weighted by molar-refractivity contribution is -0.142. The van der Waals surface area contributed by atoms with Crippen molar-refractivity contribution >= 4 is 11.9 Å². The van der Waals surface area contributed by atoms with E-state index in [0.29, 0.717) is 12.8 Å². The van der Waals surface area contributed by atoms with Crippen LogP contribution in [-0.4, -0.2) is 23.0 Å². The van der Waals surface area contributed by atoms with E-state index in [1.807, 2.05) is 37.3 Å². The summed E-state index contributed by atoms with van der Waals surface area (Å²) in [5.74, 6) is -1.24. The van der Waals surface area contributed by atoms with E-state index >= 15 is 0 Å². The summed E-state index contributed by atoms with van der Waals surface area (Å²) in [6, 6.07) is 8.55. The number of benzene rings is 1. The Morgan fingerprint density at radius 3 is 2.48 bits per heavy atom. The predicted octanol–water partition coefficient (Wildman–Crippen LogP) is 2.23. The third kappa shape index (κ3) is 6.40. The van der Waals surface area contributed by atoms with Crippen LogP contribution in [0.4, 0.5) is 0 Å². The molecule has 1 aromatic carbocycles. The number of nitrogens with one attached hydrogen (secondary N) is 1. The highest BCUT2D eigenvalue weighted by atomic mass is 16.4. The first kappa shape index (κ1) is 17.2. The molecule has 0 radical (unpaired) electrons. The minimum Gasteiger partial charge on any atom is -0.480 e. The molecule has 0 bridgehead atoms. The van der Waals surface area contributed by atoms with Crippen LogP contribution < -0.4 is 11.1 Å². The second kappa shape index (κ2) is 9.13. The van der Waals surface area contributed by atoms with Gasteiger partial charge in [0.25, 0.3) is 0 Å². The number of carboxylic acids is 1. The van der Waals surface area contributed by atoms with Crippen LogP contribution in [0.3, 0.4) is 0 Å². The SMILES string of the molecule is CCCCC(NC(=O)CCC(N)c1ccccc1)C(=O)O. The highest BCUT2D eigenvalue weighted by Gasteiger charge is 2.19. The summed E-state index contributed by atoms with van der Waals surface area (Å²) in [5, 5.41) is 11.6. The molecule has 5 nitrogen and oxygen atoms in total. The lowest BCUT2D eigenvalue weighted by Gasteiger charge is -2.15. The van der Waals surface area contributed by atoms with Crippen molar-refractivity contribution in [3.8, 4) is 0 Å². The number of unbranched alkanes of at least 4 members (excludes halogenated alkanes) is 1. The Bertz CT molecular complexity index is 448. The number of hydrogen-bond donors (Lipinski definition) is 3. The van der Waals surface area contributed by atoms with Crippen molar-refractivity contribution < 1.29 is 14.7 Å². The van der Waals surface area contributed by atoms with Crippen LogP contribution in [0.1, 0.15) is 50.6 Å². The van der Waals surface area contributed by atoms with E-state index in [0.717, 1.165) is 18.4 Å². The van der Waals surface area contributed by atoms with E-state index in [1.165, 1.54) is 0 Å². The van der Waals surface area contributed by atoms with Gasteiger partial charge >= 0.3 is 5.97 Å². The summed E-state index contributed by atoms with van der Waals surface area (Å²) in [5.41, 5.74) is 7.00. The minimum atomic E-state index is -0.982. The zero-order chi connectivity index (χ0) is 15.7. The van der Waals surface area contributed by atoms with Gasteiger partial charge in [0, 0.05) is 12.5 Å². The first-order valence-corrected chi connectivity index (χ1v) is 7.37. The molecular formula is C16H24N2O3. The molecule has 5 heteroatoms. The smallest absolute Gasteiger partial charge is 0.326 e. The topological polar surface area (TPSA) is 92.4 Å². The van der Waals surface area contributed by atoms with Crippen molar-refractivity contribution in [2.75, 3.05) is 0 Å². The molecule has 4 N–H and O–H groups in total. The number of amides is 1. The Balaban J connectivity index is 2.40. The first-order chi connectivity index (χ1) is 10.0. The van der Waals surface area contributed by atoms with Crippen molar-refractivity contribution in [2.45, 2.75) is 51.1 Å². The largest absolute Gasteiger partial charge is 0.480 e. The van der Waals surface area contributed by atoms with E-state index in [-0.39, 0.29) is 18.4 Å². The molecule has 0 aliphatic carbocycles. The lowest BCUT2D eigenvalue weighted by Crippen LogP contribution is -2.40. The van der Waals surface area contributed by atoms with E-state index in [1.54, 1.807) is 0 Å². The Hall–Kier alpha value is -1.88. The first-order valence-electron chi connectivity index (χ1n) is 7.37. The quantitative estimate of drug-likeness (QED) is 0.650. The lowest BCUT2D eigenvalue weighted by atomic mass is 10.0. The van der Waals surface area contributed by atoms with Gasteiger partial charge < -0.3 is 16.2 Å². The maximum absolute atomic E-state index is 11.8. The average Bonchev–Trinajstić information content (AvgIpc) is 2.49. The molecule has 0 aliphatic rings. The number of hydrogen-bond acceptors (Lipinski definition) is 3. The second-order valence-corrected chi connectivity index (χ2v) is 5.16. The summed E-state index contributed by atoms with van der Waals surface area (Å²) in [6.07, 6.45) is 2.86. The summed E-state index contributed by atoms with van der Waals surface area (Å²) < 4.78 is 0. The van der Waals surface area contributed by atoms with Gasteiger partial charge in [0.05, 0.1) is 0 Å². The zero-order valence-corrected chi connectivity index (χ0v) is 12.4. The van der Waals surface area contributed by atoms with E-state index in [4.69, 9.17) is 10.8 Å². The monoisotopic (exact) mass is 292 g/mol. The molecule has 1 rings (SSSR count). The summed E-state index contributed by atoms with van der Waals surface area (Å²) >= 11 is 0. The van der Waals surface area contributed by atoms with Crippen LogP contribution in [-0.2, 0) is 9.59 Å². The fraction of sp³-hybridized carbons (Fsp3) is 0.500. The van der Waals surface area contributed by atoms with Gasteiger partial charge in [-0.05, 0) is 18.4 Å². The van der Waals surface area contributed by atoms with Crippen molar-refractivity contribution in [2.24, 2.45) is 5.73 Å². The zero-order valence-electron chi connectivity index (χ0n) is 12.4. The number of carbonyl (C=O) groups excluding carboxylic acids is 1. The molecule has 0 saturated heterocycles. The highest BCUT2D eigenvalue weighted by Crippen LogP contribution is 2.15. The van der Waals surface area contributed by atoms with Gasteiger partial charge in [0.2, 0.25) is 5.91 Å². The van der Waals surface area contributed by atoms with Crippen LogP contribution in [0.5, 0.6) is 0 Å². The summed E-state index contributed by atoms with van der Waals surface area (Å²) in [7, 11) is 0. The third-order valence-electron chi connectivity index (χ3n) is 3.39. The normalized spacial score (nSPS) is 13.4. The standard InChI is InChI=1S/C16H24N2O3/c1-2-3-9-14(16(20)21)18-15(19)11-10-13(17)12-7-5-4-6-8-12/h4-8,13-14H,2-3,9-11,17H2,1H3,(H,18,19)(H,20,21). The van der Waals surface area contributed by atoms with Crippen LogP contribution in [0, 0.1) is 0 Å². The van der Waals surface area contributed by atoms with Crippen molar-refractivity contribution in [3.63, 3.8) is 0 Å². The second-order valence-electron chi connectivity index (χ2n) is 5.16. The molecule has 0 fully saturated rings. The maximum atomic E-state index is 11.8. The van der Waals surface area contributed by atoms with E-state index in [9.17, 15) is 9.59 Å². The fourth-order valence-electron chi connectivity index (χ4n) is 2.09. The van der Waals surface area contributed by atoms with Crippen molar-refractivity contribution in [1.82, 2.24) is 5.32 Å². The van der Waals surface area contributed by atoms with E-state index < -0.39 is 12.0 Å². The molecule has 0 spiro atoms. The molecule has 0 aromatic heterocycles. The Kier molecular flexibility index (Phi) is 7.46. The molecule has 21 heavy (non-hydrogen) atoms. The van der Waals surface area contributed by atoms with Crippen LogP contribution in [0.25, 0.3) is 0 Å². The van der Waals surface area contributed by atoms with Crippen molar-refractivity contribution in [1.29, 1.82) is 0 Å². The number of aliphatic carboxylic acids is 1. The Labute approximate surface area is 125 Å². The highest BCUT2D eigenvalue weighted by molar-refractivity contribution is 5.83. The van der Waals surface area contributed by atoms with Gasteiger partial charge in [-0.3, -0.25) is 4.79 Å². The van der Waals surface area contributed by atoms with Crippen LogP contribution in [0.2, 0.25) is 0 Å². The fourth-order valence-corrected chi connectivity index (χ4v) is 2.09. The maximum Gasteiger partial charge on any atom is 0.326 e.